The third kappa shape index (κ3) is 5.65. The van der Waals surface area contributed by atoms with Gasteiger partial charge in [0.15, 0.2) is 11.4 Å². The maximum atomic E-state index is 13.4. The Labute approximate surface area is 227 Å². The molecule has 0 aliphatic carbocycles. The van der Waals surface area contributed by atoms with Crippen LogP contribution in [0.25, 0.3) is 27.5 Å². The molecule has 4 aromatic rings. The van der Waals surface area contributed by atoms with Crippen molar-refractivity contribution in [2.24, 2.45) is 5.41 Å². The Morgan fingerprint density at radius 1 is 1.21 bits per heavy atom. The molecule has 0 amide bonds. The minimum absolute atomic E-state index is 0.0391. The van der Waals surface area contributed by atoms with E-state index in [4.69, 9.17) is 19.4 Å². The fraction of sp³-hybridized carbons (Fsp3) is 0.448. The lowest BCUT2D eigenvalue weighted by Crippen LogP contribution is -2.44. The standard InChI is InChI=1S/C29H35N5O3S/c1-5-33(6-2)20(3)9-10-25(35)21-14-24(31-27(15-21)37-19-29(4)17-36-18-29)22-16-30-34-12-11-23(32-28(22)34)26-8-7-13-38-26/h7-8,11-16,20H,5-6,9-10,17-19H2,1-4H3/t20-/m0/s1. The molecule has 1 fully saturated rings. The van der Waals surface area contributed by atoms with Crippen molar-refractivity contribution in [2.75, 3.05) is 32.9 Å². The Morgan fingerprint density at radius 3 is 2.71 bits per heavy atom. The molecule has 5 rings (SSSR count). The molecule has 4 aromatic heterocycles. The minimum Gasteiger partial charge on any atom is -0.477 e. The molecule has 0 aromatic carbocycles. The second kappa shape index (κ2) is 11.3. The smallest absolute Gasteiger partial charge is 0.214 e. The number of fused-ring (bicyclic) bond motifs is 1. The van der Waals surface area contributed by atoms with Gasteiger partial charge in [-0.2, -0.15) is 5.10 Å². The summed E-state index contributed by atoms with van der Waals surface area (Å²) in [6.45, 7) is 12.4. The number of ketones is 1. The molecular weight excluding hydrogens is 498 g/mol. The van der Waals surface area contributed by atoms with Gasteiger partial charge < -0.3 is 14.4 Å². The molecule has 9 heteroatoms. The molecule has 0 radical (unpaired) electrons. The Bertz CT molecular complexity index is 1390. The van der Waals surface area contributed by atoms with Crippen LogP contribution in [0.4, 0.5) is 0 Å². The van der Waals surface area contributed by atoms with E-state index in [2.05, 4.69) is 37.7 Å². The van der Waals surface area contributed by atoms with Gasteiger partial charge in [-0.05, 0) is 50.0 Å². The number of hydrogen-bond acceptors (Lipinski definition) is 8. The lowest BCUT2D eigenvalue weighted by molar-refractivity contribution is -0.120. The average molecular weight is 534 g/mol. The van der Waals surface area contributed by atoms with Gasteiger partial charge >= 0.3 is 0 Å². The maximum Gasteiger partial charge on any atom is 0.214 e. The number of carbonyl (C=O) groups is 1. The Morgan fingerprint density at radius 2 is 2.03 bits per heavy atom. The van der Waals surface area contributed by atoms with Crippen molar-refractivity contribution in [2.45, 2.75) is 46.6 Å². The van der Waals surface area contributed by atoms with Crippen LogP contribution in [0.2, 0.25) is 0 Å². The lowest BCUT2D eigenvalue weighted by atomic mass is 9.90. The topological polar surface area (TPSA) is 81.9 Å². The predicted octanol–water partition coefficient (Wildman–Crippen LogP) is 5.63. The average Bonchev–Trinajstić information content (AvgIpc) is 3.60. The van der Waals surface area contributed by atoms with Crippen LogP contribution < -0.4 is 4.74 Å². The highest BCUT2D eigenvalue weighted by Gasteiger charge is 2.34. The number of thiophene rings is 1. The van der Waals surface area contributed by atoms with E-state index in [9.17, 15) is 4.79 Å². The van der Waals surface area contributed by atoms with E-state index in [1.165, 1.54) is 0 Å². The van der Waals surface area contributed by atoms with Gasteiger partial charge in [-0.25, -0.2) is 14.5 Å². The van der Waals surface area contributed by atoms with E-state index in [-0.39, 0.29) is 11.2 Å². The van der Waals surface area contributed by atoms with Crippen LogP contribution in [0.3, 0.4) is 0 Å². The summed E-state index contributed by atoms with van der Waals surface area (Å²) in [5, 5.41) is 6.53. The van der Waals surface area contributed by atoms with Gasteiger partial charge in [-0.15, -0.1) is 11.3 Å². The van der Waals surface area contributed by atoms with Gasteiger partial charge in [-0.1, -0.05) is 26.8 Å². The molecule has 1 saturated heterocycles. The van der Waals surface area contributed by atoms with Crippen molar-refractivity contribution in [3.8, 4) is 27.7 Å². The van der Waals surface area contributed by atoms with Crippen molar-refractivity contribution >= 4 is 22.8 Å². The monoisotopic (exact) mass is 533 g/mol. The van der Waals surface area contributed by atoms with Crippen LogP contribution in [0.1, 0.15) is 50.9 Å². The third-order valence-electron chi connectivity index (χ3n) is 7.24. The Hall–Kier alpha value is -3.14. The SMILES string of the molecule is CCN(CC)[C@@H](C)CCC(=O)c1cc(OCC2(C)COC2)nc(-c2cnn3ccc(-c4cccs4)nc23)c1. The molecule has 200 valence electrons. The van der Waals surface area contributed by atoms with E-state index in [1.54, 1.807) is 28.1 Å². The van der Waals surface area contributed by atoms with E-state index in [0.717, 1.165) is 35.6 Å². The number of ether oxygens (including phenoxy) is 2. The zero-order chi connectivity index (χ0) is 26.7. The molecule has 38 heavy (non-hydrogen) atoms. The van der Waals surface area contributed by atoms with Crippen LogP contribution in [0, 0.1) is 5.41 Å². The van der Waals surface area contributed by atoms with Crippen molar-refractivity contribution in [1.29, 1.82) is 0 Å². The summed E-state index contributed by atoms with van der Waals surface area (Å²) in [5.41, 5.74) is 3.51. The fourth-order valence-corrected chi connectivity index (χ4v) is 5.48. The molecule has 0 unspecified atom stereocenters. The molecule has 8 nitrogen and oxygen atoms in total. The summed E-state index contributed by atoms with van der Waals surface area (Å²) in [4.78, 5) is 26.5. The van der Waals surface area contributed by atoms with Gasteiger partial charge in [0.2, 0.25) is 5.88 Å². The first kappa shape index (κ1) is 26.5. The first-order valence-corrected chi connectivity index (χ1v) is 14.2. The van der Waals surface area contributed by atoms with Crippen molar-refractivity contribution in [3.05, 3.63) is 53.7 Å². The Balaban J connectivity index is 1.47. The van der Waals surface area contributed by atoms with Crippen LogP contribution in [0.5, 0.6) is 5.88 Å². The van der Waals surface area contributed by atoms with Gasteiger partial charge in [0.25, 0.3) is 0 Å². The maximum absolute atomic E-state index is 13.4. The van der Waals surface area contributed by atoms with E-state index < -0.39 is 0 Å². The molecular formula is C29H35N5O3S. The van der Waals surface area contributed by atoms with Crippen LogP contribution in [0.15, 0.2) is 48.1 Å². The fourth-order valence-electron chi connectivity index (χ4n) is 4.79. The summed E-state index contributed by atoms with van der Waals surface area (Å²) >= 11 is 1.64. The largest absolute Gasteiger partial charge is 0.477 e. The highest BCUT2D eigenvalue weighted by atomic mass is 32.1. The number of rotatable bonds is 12. The molecule has 0 saturated carbocycles. The van der Waals surface area contributed by atoms with Crippen molar-refractivity contribution in [3.63, 3.8) is 0 Å². The minimum atomic E-state index is -0.0391. The van der Waals surface area contributed by atoms with Gasteiger partial charge in [0.1, 0.15) is 0 Å². The summed E-state index contributed by atoms with van der Waals surface area (Å²) in [5.74, 6) is 0.518. The highest BCUT2D eigenvalue weighted by Crippen LogP contribution is 2.31. The van der Waals surface area contributed by atoms with E-state index in [0.29, 0.717) is 55.1 Å². The van der Waals surface area contributed by atoms with Crippen LogP contribution >= 0.6 is 11.3 Å². The molecule has 0 N–H and O–H groups in total. The third-order valence-corrected chi connectivity index (χ3v) is 8.13. The highest BCUT2D eigenvalue weighted by molar-refractivity contribution is 7.13. The number of Topliss-reactive ketones (excluding diaryl/α,β-unsaturated/α-hetero) is 1. The van der Waals surface area contributed by atoms with Gasteiger partial charge in [0, 0.05) is 35.7 Å². The number of carbonyl (C=O) groups excluding carboxylic acids is 1. The summed E-state index contributed by atoms with van der Waals surface area (Å²) in [7, 11) is 0. The van der Waals surface area contributed by atoms with Gasteiger partial charge in [0.05, 0.1) is 47.8 Å². The molecule has 1 aliphatic rings. The first-order valence-electron chi connectivity index (χ1n) is 13.3. The molecule has 1 atom stereocenters. The Kier molecular flexibility index (Phi) is 7.88. The number of hydrogen-bond donors (Lipinski definition) is 0. The van der Waals surface area contributed by atoms with E-state index in [1.807, 2.05) is 35.8 Å². The van der Waals surface area contributed by atoms with Crippen LogP contribution in [-0.4, -0.2) is 69.2 Å². The zero-order valence-electron chi connectivity index (χ0n) is 22.5. The van der Waals surface area contributed by atoms with Gasteiger partial charge in [-0.3, -0.25) is 4.79 Å². The summed E-state index contributed by atoms with van der Waals surface area (Å²) in [6, 6.07) is 9.97. The summed E-state index contributed by atoms with van der Waals surface area (Å²) in [6.07, 6.45) is 4.91. The second-order valence-corrected chi connectivity index (χ2v) is 11.3. The van der Waals surface area contributed by atoms with Crippen LogP contribution in [-0.2, 0) is 4.74 Å². The second-order valence-electron chi connectivity index (χ2n) is 10.3. The van der Waals surface area contributed by atoms with Crippen molar-refractivity contribution in [1.82, 2.24) is 24.5 Å². The zero-order valence-corrected chi connectivity index (χ0v) is 23.3. The molecule has 1 aliphatic heterocycles. The van der Waals surface area contributed by atoms with Crippen molar-refractivity contribution < 1.29 is 14.3 Å². The van der Waals surface area contributed by atoms with E-state index >= 15 is 0 Å². The first-order chi connectivity index (χ1) is 18.4. The molecule has 0 bridgehead atoms. The normalized spacial score (nSPS) is 15.5. The number of nitrogens with zero attached hydrogens (tertiary/aromatic N) is 5. The summed E-state index contributed by atoms with van der Waals surface area (Å²) < 4.78 is 13.3. The molecule has 0 spiro atoms. The predicted molar refractivity (Wildman–Crippen MR) is 150 cm³/mol. The number of aromatic nitrogens is 4. The number of pyridine rings is 1. The lowest BCUT2D eigenvalue weighted by Gasteiger charge is -2.37. The quantitative estimate of drug-likeness (QED) is 0.218. The molecule has 5 heterocycles.